The molecule has 0 unspecified atom stereocenters. The Balaban J connectivity index is 1.31. The number of benzene rings is 2. The summed E-state index contributed by atoms with van der Waals surface area (Å²) in [5.74, 6) is 0.862. The molecule has 0 radical (unpaired) electrons. The lowest BCUT2D eigenvalue weighted by Crippen LogP contribution is -2.22. The maximum absolute atomic E-state index is 5.40. The Bertz CT molecular complexity index is 1190. The highest BCUT2D eigenvalue weighted by Gasteiger charge is 2.19. The van der Waals surface area contributed by atoms with Gasteiger partial charge in [0.05, 0.1) is 5.39 Å². The van der Waals surface area contributed by atoms with Crippen molar-refractivity contribution in [2.45, 2.75) is 13.0 Å². The molecule has 0 saturated carbocycles. The van der Waals surface area contributed by atoms with Crippen LogP contribution in [0.1, 0.15) is 10.4 Å². The fraction of sp³-hybridized carbons (Fsp3) is 0.136. The molecule has 3 heterocycles. The highest BCUT2D eigenvalue weighted by Crippen LogP contribution is 2.36. The van der Waals surface area contributed by atoms with Crippen LogP contribution in [0.25, 0.3) is 10.2 Å². The predicted molar refractivity (Wildman–Crippen MR) is 129 cm³/mol. The molecule has 5 rings (SSSR count). The minimum atomic E-state index is 0.554. The van der Waals surface area contributed by atoms with Crippen molar-refractivity contribution in [3.05, 3.63) is 71.4 Å². The molecule has 0 aliphatic carbocycles. The highest BCUT2D eigenvalue weighted by molar-refractivity contribution is 7.80. The van der Waals surface area contributed by atoms with Crippen LogP contribution in [0.2, 0.25) is 0 Å². The maximum Gasteiger partial charge on any atom is 0.175 e. The van der Waals surface area contributed by atoms with E-state index in [9.17, 15) is 0 Å². The van der Waals surface area contributed by atoms with E-state index in [0.29, 0.717) is 5.11 Å². The van der Waals surface area contributed by atoms with E-state index in [0.717, 1.165) is 52.6 Å². The van der Waals surface area contributed by atoms with Crippen molar-refractivity contribution in [1.29, 1.82) is 0 Å². The lowest BCUT2D eigenvalue weighted by molar-refractivity contribution is 0.657. The van der Waals surface area contributed by atoms with Crippen LogP contribution in [0.3, 0.4) is 0 Å². The van der Waals surface area contributed by atoms with Gasteiger partial charge in [-0.25, -0.2) is 9.97 Å². The smallest absolute Gasteiger partial charge is 0.175 e. The Kier molecular flexibility index (Phi) is 5.27. The Morgan fingerprint density at radius 2 is 1.67 bits per heavy atom. The van der Waals surface area contributed by atoms with E-state index in [2.05, 4.69) is 31.2 Å². The predicted octanol–water partition coefficient (Wildman–Crippen LogP) is 4.89. The average molecular weight is 433 g/mol. The van der Waals surface area contributed by atoms with Gasteiger partial charge in [0.25, 0.3) is 0 Å². The van der Waals surface area contributed by atoms with Crippen molar-refractivity contribution in [2.75, 3.05) is 22.5 Å². The number of thiophene rings is 1. The Morgan fingerprint density at radius 3 is 2.47 bits per heavy atom. The topological polar surface area (TPSA) is 73.9 Å². The number of nitrogens with one attached hydrogen (secondary N) is 4. The molecule has 4 N–H and O–H groups in total. The van der Waals surface area contributed by atoms with Crippen molar-refractivity contribution in [3.8, 4) is 0 Å². The van der Waals surface area contributed by atoms with Gasteiger partial charge in [0.2, 0.25) is 0 Å². The number of thiocarbonyl (C=S) groups is 1. The molecule has 1 aliphatic heterocycles. The number of hydrogen-bond donors (Lipinski definition) is 4. The Morgan fingerprint density at radius 1 is 0.933 bits per heavy atom. The molecule has 150 valence electrons. The molecule has 2 aromatic carbocycles. The van der Waals surface area contributed by atoms with Crippen molar-refractivity contribution >= 4 is 61.8 Å². The van der Waals surface area contributed by atoms with Crippen molar-refractivity contribution < 1.29 is 0 Å². The fourth-order valence-corrected chi connectivity index (χ4v) is 4.93. The summed E-state index contributed by atoms with van der Waals surface area (Å²) in [6, 6.07) is 17.9. The van der Waals surface area contributed by atoms with Gasteiger partial charge in [-0.2, -0.15) is 0 Å². The molecule has 30 heavy (non-hydrogen) atoms. The number of anilines is 4. The molecule has 6 nitrogen and oxygen atoms in total. The third-order valence-corrected chi connectivity index (χ3v) is 6.29. The van der Waals surface area contributed by atoms with E-state index in [4.69, 9.17) is 12.2 Å². The SMILES string of the molecule is S=C(Nc1ccccc1)Nc1ccc(Nc2ncnc3sc4c(c23)CCNC4)cc1. The molecule has 0 fully saturated rings. The molecule has 0 spiro atoms. The standard InChI is InChI=1S/C22H20N6S2/c29-22(27-14-4-2-1-3-5-14)28-16-8-6-15(7-9-16)26-20-19-17-10-11-23-12-18(17)30-21(19)25-13-24-20/h1-9,13,23H,10-12H2,(H,24,25,26)(H2,27,28,29). The zero-order valence-electron chi connectivity index (χ0n) is 16.1. The van der Waals surface area contributed by atoms with Crippen molar-refractivity contribution in [3.63, 3.8) is 0 Å². The van der Waals surface area contributed by atoms with Gasteiger partial charge in [-0.1, -0.05) is 18.2 Å². The minimum absolute atomic E-state index is 0.554. The van der Waals surface area contributed by atoms with Crippen LogP contribution >= 0.6 is 23.6 Å². The Hall–Kier alpha value is -3.07. The third-order valence-electron chi connectivity index (χ3n) is 4.95. The second kappa shape index (κ2) is 8.35. The van der Waals surface area contributed by atoms with Gasteiger partial charge in [0, 0.05) is 28.5 Å². The van der Waals surface area contributed by atoms with Gasteiger partial charge in [-0.15, -0.1) is 11.3 Å². The first-order valence-electron chi connectivity index (χ1n) is 9.72. The molecule has 0 amide bonds. The zero-order chi connectivity index (χ0) is 20.3. The normalized spacial score (nSPS) is 12.9. The lowest BCUT2D eigenvalue weighted by atomic mass is 10.1. The summed E-state index contributed by atoms with van der Waals surface area (Å²) >= 11 is 7.15. The second-order valence-corrected chi connectivity index (χ2v) is 8.47. The maximum atomic E-state index is 5.40. The third kappa shape index (κ3) is 3.97. The van der Waals surface area contributed by atoms with Crippen LogP contribution in [0, 0.1) is 0 Å². The molecular formula is C22H20N6S2. The summed E-state index contributed by atoms with van der Waals surface area (Å²) in [4.78, 5) is 11.4. The lowest BCUT2D eigenvalue weighted by Gasteiger charge is -2.14. The highest BCUT2D eigenvalue weighted by atomic mass is 32.1. The van der Waals surface area contributed by atoms with Crippen molar-refractivity contribution in [2.24, 2.45) is 0 Å². The molecule has 8 heteroatoms. The van der Waals surface area contributed by atoms with Gasteiger partial charge >= 0.3 is 0 Å². The van der Waals surface area contributed by atoms with Gasteiger partial charge in [-0.05, 0) is 67.1 Å². The van der Waals surface area contributed by atoms with Crippen LogP contribution in [0.4, 0.5) is 22.9 Å². The number of rotatable bonds is 4. The van der Waals surface area contributed by atoms with E-state index < -0.39 is 0 Å². The first kappa shape index (κ1) is 18.9. The van der Waals surface area contributed by atoms with E-state index in [1.54, 1.807) is 17.7 Å². The fourth-order valence-electron chi connectivity index (χ4n) is 3.54. The second-order valence-electron chi connectivity index (χ2n) is 6.98. The number of para-hydroxylation sites is 1. The number of fused-ring (bicyclic) bond motifs is 3. The average Bonchev–Trinajstić information content (AvgIpc) is 3.15. The van der Waals surface area contributed by atoms with Crippen molar-refractivity contribution in [1.82, 2.24) is 15.3 Å². The summed E-state index contributed by atoms with van der Waals surface area (Å²) in [6.07, 6.45) is 2.63. The number of aromatic nitrogens is 2. The molecule has 0 bridgehead atoms. The van der Waals surface area contributed by atoms with Gasteiger partial charge in [-0.3, -0.25) is 0 Å². The van der Waals surface area contributed by atoms with Gasteiger partial charge in [0.15, 0.2) is 5.11 Å². The van der Waals surface area contributed by atoms with Crippen LogP contribution < -0.4 is 21.3 Å². The summed E-state index contributed by atoms with van der Waals surface area (Å²) in [5, 5.41) is 15.0. The van der Waals surface area contributed by atoms with E-state index in [1.165, 1.54) is 10.4 Å². The quantitative estimate of drug-likeness (QED) is 0.342. The monoisotopic (exact) mass is 432 g/mol. The zero-order valence-corrected chi connectivity index (χ0v) is 17.7. The minimum Gasteiger partial charge on any atom is -0.340 e. The van der Waals surface area contributed by atoms with E-state index in [1.807, 2.05) is 54.6 Å². The molecule has 1 aliphatic rings. The van der Waals surface area contributed by atoms with Crippen LogP contribution in [-0.2, 0) is 13.0 Å². The summed E-state index contributed by atoms with van der Waals surface area (Å²) in [5.41, 5.74) is 4.21. The Labute approximate surface area is 183 Å². The summed E-state index contributed by atoms with van der Waals surface area (Å²) in [7, 11) is 0. The van der Waals surface area contributed by atoms with Crippen LogP contribution in [0.5, 0.6) is 0 Å². The number of hydrogen-bond acceptors (Lipinski definition) is 6. The summed E-state index contributed by atoms with van der Waals surface area (Å²) < 4.78 is 0. The largest absolute Gasteiger partial charge is 0.340 e. The van der Waals surface area contributed by atoms with Crippen LogP contribution in [-0.4, -0.2) is 21.6 Å². The molecule has 0 saturated heterocycles. The van der Waals surface area contributed by atoms with E-state index in [-0.39, 0.29) is 0 Å². The molecular weight excluding hydrogens is 412 g/mol. The van der Waals surface area contributed by atoms with Gasteiger partial charge in [0.1, 0.15) is 17.0 Å². The first-order valence-corrected chi connectivity index (χ1v) is 10.9. The molecule has 2 aromatic heterocycles. The molecule has 4 aromatic rings. The summed E-state index contributed by atoms with van der Waals surface area (Å²) in [6.45, 7) is 1.90. The first-order chi connectivity index (χ1) is 14.8. The number of nitrogens with zero attached hydrogens (tertiary/aromatic N) is 2. The molecule has 0 atom stereocenters. The van der Waals surface area contributed by atoms with E-state index >= 15 is 0 Å². The van der Waals surface area contributed by atoms with Crippen LogP contribution in [0.15, 0.2) is 60.9 Å². The van der Waals surface area contributed by atoms with Gasteiger partial charge < -0.3 is 21.3 Å².